The van der Waals surface area contributed by atoms with Crippen LogP contribution in [0.2, 0.25) is 0 Å². The van der Waals surface area contributed by atoms with E-state index in [1.807, 2.05) is 6.92 Å². The summed E-state index contributed by atoms with van der Waals surface area (Å²) in [6, 6.07) is 4.54. The first-order valence-electron chi connectivity index (χ1n) is 9.01. The number of carbonyl (C=O) groups excluding carboxylic acids is 1. The van der Waals surface area contributed by atoms with Crippen LogP contribution in [0.25, 0.3) is 0 Å². The van der Waals surface area contributed by atoms with Crippen molar-refractivity contribution < 1.29 is 49.7 Å². The second-order valence-electron chi connectivity index (χ2n) is 6.31. The van der Waals surface area contributed by atoms with Crippen LogP contribution in [0.3, 0.4) is 0 Å². The summed E-state index contributed by atoms with van der Waals surface area (Å²) in [6.45, 7) is 3.58. The first-order chi connectivity index (χ1) is 14.5. The lowest BCUT2D eigenvalue weighted by Crippen LogP contribution is -2.26. The highest BCUT2D eigenvalue weighted by atomic mass is 19.4. The van der Waals surface area contributed by atoms with Gasteiger partial charge in [0.2, 0.25) is 17.4 Å². The summed E-state index contributed by atoms with van der Waals surface area (Å²) in [5.74, 6) is -12.5. The largest absolute Gasteiger partial charge is 0.479 e. The molecule has 0 spiro atoms. The Hall–Kier alpha value is -2.98. The number of hydrogen-bond acceptors (Lipinski definition) is 4. The quantitative estimate of drug-likeness (QED) is 0.207. The zero-order valence-electron chi connectivity index (χ0n) is 16.3. The van der Waals surface area contributed by atoms with Crippen molar-refractivity contribution in [2.24, 2.45) is 0 Å². The Bertz CT molecular complexity index is 898. The topological polar surface area (TPSA) is 44.8 Å². The maximum atomic E-state index is 13.9. The monoisotopic (exact) mass is 454 g/mol. The van der Waals surface area contributed by atoms with Gasteiger partial charge in [-0.05, 0) is 37.6 Å². The molecular formula is C20H17F7O4. The molecule has 170 valence electrons. The predicted molar refractivity (Wildman–Crippen MR) is 93.7 cm³/mol. The molecule has 4 nitrogen and oxygen atoms in total. The smallest absolute Gasteiger partial charge is 0.422 e. The van der Waals surface area contributed by atoms with E-state index >= 15 is 0 Å². The van der Waals surface area contributed by atoms with Gasteiger partial charge in [-0.2, -0.15) is 22.0 Å². The molecule has 0 aromatic heterocycles. The third kappa shape index (κ3) is 5.80. The lowest BCUT2D eigenvalue weighted by molar-refractivity contribution is -0.151. The molecule has 11 heteroatoms. The van der Waals surface area contributed by atoms with E-state index in [4.69, 9.17) is 14.2 Å². The van der Waals surface area contributed by atoms with Crippen LogP contribution in [0.15, 0.2) is 24.3 Å². The molecule has 0 aliphatic rings. The first-order valence-corrected chi connectivity index (χ1v) is 9.01. The Balaban J connectivity index is 2.16. The molecule has 0 bridgehead atoms. The molecule has 31 heavy (non-hydrogen) atoms. The minimum Gasteiger partial charge on any atom is -0.479 e. The Morgan fingerprint density at radius 2 is 1.45 bits per heavy atom. The average molecular weight is 454 g/mol. The number of benzene rings is 2. The molecule has 0 N–H and O–H groups in total. The van der Waals surface area contributed by atoms with Crippen molar-refractivity contribution in [1.82, 2.24) is 0 Å². The van der Waals surface area contributed by atoms with Gasteiger partial charge in [0.25, 0.3) is 0 Å². The van der Waals surface area contributed by atoms with E-state index in [-0.39, 0.29) is 18.1 Å². The van der Waals surface area contributed by atoms with E-state index in [1.54, 1.807) is 0 Å². The minimum absolute atomic E-state index is 0.123. The lowest BCUT2D eigenvalue weighted by Gasteiger charge is -2.15. The highest BCUT2D eigenvalue weighted by molar-refractivity contribution is 5.74. The van der Waals surface area contributed by atoms with Gasteiger partial charge in [0.05, 0.1) is 6.61 Å². The van der Waals surface area contributed by atoms with Crippen LogP contribution < -0.4 is 9.47 Å². The van der Waals surface area contributed by atoms with Crippen LogP contribution in [0.4, 0.5) is 30.7 Å². The number of alkyl halides is 3. The van der Waals surface area contributed by atoms with Gasteiger partial charge in [-0.15, -0.1) is 0 Å². The van der Waals surface area contributed by atoms with Crippen molar-refractivity contribution >= 4 is 5.97 Å². The van der Waals surface area contributed by atoms with Gasteiger partial charge in [-0.25, -0.2) is 13.6 Å². The fourth-order valence-electron chi connectivity index (χ4n) is 2.34. The molecule has 0 aliphatic carbocycles. The van der Waals surface area contributed by atoms with Gasteiger partial charge in [-0.1, -0.05) is 13.3 Å². The predicted octanol–water partition coefficient (Wildman–Crippen LogP) is 6.16. The van der Waals surface area contributed by atoms with Crippen molar-refractivity contribution in [2.45, 2.75) is 39.0 Å². The molecule has 0 saturated heterocycles. The average Bonchev–Trinajstić information content (AvgIpc) is 2.70. The van der Waals surface area contributed by atoms with E-state index in [2.05, 4.69) is 0 Å². The van der Waals surface area contributed by atoms with Crippen LogP contribution in [-0.2, 0) is 15.7 Å². The molecular weight excluding hydrogens is 437 g/mol. The van der Waals surface area contributed by atoms with Gasteiger partial charge >= 0.3 is 12.1 Å². The fourth-order valence-corrected chi connectivity index (χ4v) is 2.34. The molecule has 0 amide bonds. The van der Waals surface area contributed by atoms with E-state index in [9.17, 15) is 35.5 Å². The molecule has 2 rings (SSSR count). The second-order valence-corrected chi connectivity index (χ2v) is 6.31. The highest BCUT2D eigenvalue weighted by Crippen LogP contribution is 2.40. The van der Waals surface area contributed by atoms with Gasteiger partial charge in [0.1, 0.15) is 17.1 Å². The first kappa shape index (κ1) is 24.3. The number of ether oxygens (including phenoxy) is 3. The summed E-state index contributed by atoms with van der Waals surface area (Å²) in [7, 11) is 0. The molecule has 0 fully saturated rings. The zero-order valence-corrected chi connectivity index (χ0v) is 16.3. The lowest BCUT2D eigenvalue weighted by atomic mass is 10.1. The molecule has 0 unspecified atom stereocenters. The summed E-state index contributed by atoms with van der Waals surface area (Å²) in [4.78, 5) is 11.8. The Morgan fingerprint density at radius 1 is 0.935 bits per heavy atom. The van der Waals surface area contributed by atoms with Crippen molar-refractivity contribution in [3.63, 3.8) is 0 Å². The summed E-state index contributed by atoms with van der Waals surface area (Å²) < 4.78 is 108. The Kier molecular flexibility index (Phi) is 7.75. The van der Waals surface area contributed by atoms with Crippen LogP contribution in [0, 0.1) is 23.3 Å². The summed E-state index contributed by atoms with van der Waals surface area (Å²) in [6.07, 6.45) is -5.11. The third-order valence-electron chi connectivity index (χ3n) is 3.94. The van der Waals surface area contributed by atoms with Gasteiger partial charge in [0.15, 0.2) is 17.7 Å². The van der Waals surface area contributed by atoms with Gasteiger partial charge in [0, 0.05) is 0 Å². The van der Waals surface area contributed by atoms with Crippen LogP contribution in [0.5, 0.6) is 17.2 Å². The number of halogens is 7. The normalized spacial score (nSPS) is 12.4. The Morgan fingerprint density at radius 3 is 1.94 bits per heavy atom. The highest BCUT2D eigenvalue weighted by Gasteiger charge is 2.42. The summed E-state index contributed by atoms with van der Waals surface area (Å²) >= 11 is 0. The number of hydrogen-bond donors (Lipinski definition) is 0. The zero-order chi connectivity index (χ0) is 23.3. The molecule has 1 atom stereocenters. The molecule has 2 aromatic carbocycles. The molecule has 2 aromatic rings. The van der Waals surface area contributed by atoms with E-state index in [0.29, 0.717) is 6.42 Å². The van der Waals surface area contributed by atoms with Crippen LogP contribution in [0.1, 0.15) is 32.3 Å². The van der Waals surface area contributed by atoms with E-state index < -0.39 is 52.8 Å². The number of unbranched alkanes of at least 4 members (excludes halogenated alkanes) is 1. The van der Waals surface area contributed by atoms with Crippen molar-refractivity contribution in [3.05, 3.63) is 53.1 Å². The fraction of sp³-hybridized carbons (Fsp3) is 0.350. The summed E-state index contributed by atoms with van der Waals surface area (Å²) in [5, 5.41) is 0. The van der Waals surface area contributed by atoms with Crippen molar-refractivity contribution in [2.75, 3.05) is 6.61 Å². The van der Waals surface area contributed by atoms with Crippen LogP contribution >= 0.6 is 0 Å². The van der Waals surface area contributed by atoms with E-state index in [0.717, 1.165) is 18.6 Å². The summed E-state index contributed by atoms with van der Waals surface area (Å²) in [5.41, 5.74) is -2.70. The number of carbonyl (C=O) groups is 1. The second kappa shape index (κ2) is 9.88. The number of rotatable bonds is 8. The maximum Gasteiger partial charge on any atom is 0.422 e. The molecule has 0 radical (unpaired) electrons. The third-order valence-corrected chi connectivity index (χ3v) is 3.94. The van der Waals surface area contributed by atoms with E-state index in [1.165, 1.54) is 19.1 Å². The molecule has 0 aliphatic heterocycles. The van der Waals surface area contributed by atoms with Crippen molar-refractivity contribution in [3.8, 4) is 17.2 Å². The standard InChI is InChI=1S/C20H17F7O4/c1-3-4-9-29-19(28)10(2)30-11-5-7-12(8-6-11)31-18-16(23)14(21)13(20(25,26)27)15(22)17(18)24/h5-8,10H,3-4,9H2,1-2H3/t10-/m0/s1. The maximum absolute atomic E-state index is 13.9. The SMILES string of the molecule is CCCCOC(=O)[C@H](C)Oc1ccc(Oc2c(F)c(F)c(C(F)(F)F)c(F)c2F)cc1. The number of esters is 1. The van der Waals surface area contributed by atoms with Crippen molar-refractivity contribution in [1.29, 1.82) is 0 Å². The van der Waals surface area contributed by atoms with Crippen LogP contribution in [-0.4, -0.2) is 18.7 Å². The minimum atomic E-state index is -5.65. The molecule has 0 saturated carbocycles. The molecule has 0 heterocycles. The van der Waals surface area contributed by atoms with Gasteiger partial charge < -0.3 is 14.2 Å². The Labute approximate surface area is 172 Å². The van der Waals surface area contributed by atoms with Gasteiger partial charge in [-0.3, -0.25) is 0 Å².